The average molecular weight is 319 g/mol. The van der Waals surface area contributed by atoms with Crippen LogP contribution in [0, 0.1) is 22.0 Å². The number of nitro groups is 1. The minimum absolute atomic E-state index is 0.0221. The first-order valence-corrected chi connectivity index (χ1v) is 7.15. The lowest BCUT2D eigenvalue weighted by Gasteiger charge is -2.19. The van der Waals surface area contributed by atoms with Gasteiger partial charge in [0.05, 0.1) is 4.92 Å². The molecule has 1 amide bonds. The van der Waals surface area contributed by atoms with E-state index in [0.29, 0.717) is 24.2 Å². The van der Waals surface area contributed by atoms with Crippen molar-refractivity contribution in [1.82, 2.24) is 5.32 Å². The van der Waals surface area contributed by atoms with Crippen LogP contribution in [0.2, 0.25) is 0 Å². The molecule has 0 aliphatic carbocycles. The maximum absolute atomic E-state index is 11.4. The molecule has 0 saturated heterocycles. The van der Waals surface area contributed by atoms with E-state index in [9.17, 15) is 14.9 Å². The number of amides is 1. The second-order valence-corrected chi connectivity index (χ2v) is 5.72. The number of hydrogen-bond acceptors (Lipinski definition) is 5. The first kappa shape index (κ1) is 18.3. The molecule has 0 saturated carbocycles. The van der Waals surface area contributed by atoms with Crippen LogP contribution in [-0.4, -0.2) is 30.2 Å². The number of rotatable bonds is 4. The van der Waals surface area contributed by atoms with Crippen LogP contribution in [0.3, 0.4) is 0 Å². The maximum Gasteiger partial charge on any atom is 0.407 e. The van der Waals surface area contributed by atoms with Gasteiger partial charge in [0.2, 0.25) is 0 Å². The molecule has 7 nitrogen and oxygen atoms in total. The van der Waals surface area contributed by atoms with Crippen LogP contribution in [-0.2, 0) is 4.74 Å². The van der Waals surface area contributed by atoms with E-state index in [4.69, 9.17) is 4.74 Å². The normalized spacial score (nSPS) is 10.3. The molecule has 0 fully saturated rings. The predicted molar refractivity (Wildman–Crippen MR) is 88.4 cm³/mol. The minimum atomic E-state index is -0.538. The molecule has 0 aromatic heterocycles. The van der Waals surface area contributed by atoms with Gasteiger partial charge in [-0.2, -0.15) is 0 Å². The van der Waals surface area contributed by atoms with Gasteiger partial charge in [-0.05, 0) is 32.9 Å². The summed E-state index contributed by atoms with van der Waals surface area (Å²) in [5.74, 6) is 5.70. The van der Waals surface area contributed by atoms with Crippen molar-refractivity contribution < 1.29 is 14.5 Å². The molecule has 0 bridgehead atoms. The van der Waals surface area contributed by atoms with Crippen molar-refractivity contribution in [2.75, 3.05) is 18.9 Å². The molecule has 7 heteroatoms. The highest BCUT2D eigenvalue weighted by atomic mass is 16.6. The third-order valence-corrected chi connectivity index (χ3v) is 2.61. The summed E-state index contributed by atoms with van der Waals surface area (Å²) in [6.07, 6.45) is -0.0748. The predicted octanol–water partition coefficient (Wildman–Crippen LogP) is 2.90. The summed E-state index contributed by atoms with van der Waals surface area (Å²) in [5, 5.41) is 16.3. The number of alkyl carbamates (subject to hydrolysis) is 1. The van der Waals surface area contributed by atoms with E-state index in [1.54, 1.807) is 40.0 Å². The van der Waals surface area contributed by atoms with Gasteiger partial charge in [-0.1, -0.05) is 11.8 Å². The first-order chi connectivity index (χ1) is 10.7. The van der Waals surface area contributed by atoms with Crippen LogP contribution in [0.15, 0.2) is 18.2 Å². The molecule has 0 heterocycles. The zero-order chi connectivity index (χ0) is 17.5. The van der Waals surface area contributed by atoms with Gasteiger partial charge in [0.1, 0.15) is 11.3 Å². The zero-order valence-electron chi connectivity index (χ0n) is 13.7. The molecule has 1 aromatic rings. The summed E-state index contributed by atoms with van der Waals surface area (Å²) in [6, 6.07) is 4.73. The Morgan fingerprint density at radius 3 is 2.65 bits per heavy atom. The zero-order valence-corrected chi connectivity index (χ0v) is 13.7. The fourth-order valence-corrected chi connectivity index (χ4v) is 1.68. The lowest BCUT2D eigenvalue weighted by Crippen LogP contribution is -2.32. The van der Waals surface area contributed by atoms with Crippen LogP contribution < -0.4 is 10.6 Å². The van der Waals surface area contributed by atoms with Crippen LogP contribution in [0.1, 0.15) is 32.8 Å². The highest BCUT2D eigenvalue weighted by Crippen LogP contribution is 2.24. The largest absolute Gasteiger partial charge is 0.444 e. The fourth-order valence-electron chi connectivity index (χ4n) is 1.68. The number of nitrogens with one attached hydrogen (secondary N) is 2. The standard InChI is InChI=1S/C16H21N3O4/c1-16(2,3)23-15(20)18-10-6-5-7-12-8-9-13(17-4)14(11-12)19(21)22/h8-9,11,17H,6,10H2,1-4H3,(H,18,20). The molecule has 1 rings (SSSR count). The summed E-state index contributed by atoms with van der Waals surface area (Å²) in [4.78, 5) is 21.9. The highest BCUT2D eigenvalue weighted by molar-refractivity contribution is 5.67. The molecule has 2 N–H and O–H groups in total. The quantitative estimate of drug-likeness (QED) is 0.385. The van der Waals surface area contributed by atoms with E-state index in [1.807, 2.05) is 0 Å². The second kappa shape index (κ2) is 8.03. The van der Waals surface area contributed by atoms with Crippen LogP contribution in [0.25, 0.3) is 0 Å². The topological polar surface area (TPSA) is 93.5 Å². The number of hydrogen-bond donors (Lipinski definition) is 2. The fraction of sp³-hybridized carbons (Fsp3) is 0.438. The van der Waals surface area contributed by atoms with E-state index in [2.05, 4.69) is 22.5 Å². The van der Waals surface area contributed by atoms with Crippen molar-refractivity contribution in [2.45, 2.75) is 32.8 Å². The van der Waals surface area contributed by atoms with E-state index >= 15 is 0 Å². The number of carbonyl (C=O) groups is 1. The van der Waals surface area contributed by atoms with Gasteiger partial charge in [0.15, 0.2) is 0 Å². The molecular formula is C16H21N3O4. The summed E-state index contributed by atoms with van der Waals surface area (Å²) in [7, 11) is 1.62. The van der Waals surface area contributed by atoms with Crippen LogP contribution in [0.5, 0.6) is 0 Å². The Balaban J connectivity index is 2.56. The Bertz CT molecular complexity index is 639. The van der Waals surface area contributed by atoms with Gasteiger partial charge < -0.3 is 15.4 Å². The number of benzene rings is 1. The molecule has 0 radical (unpaired) electrons. The van der Waals surface area contributed by atoms with Gasteiger partial charge in [-0.3, -0.25) is 10.1 Å². The molecule has 0 spiro atoms. The Morgan fingerprint density at radius 2 is 2.09 bits per heavy atom. The lowest BCUT2D eigenvalue weighted by atomic mass is 10.1. The van der Waals surface area contributed by atoms with Gasteiger partial charge in [0.25, 0.3) is 5.69 Å². The molecule has 0 atom stereocenters. The maximum atomic E-state index is 11.4. The van der Waals surface area contributed by atoms with Crippen molar-refractivity contribution in [3.05, 3.63) is 33.9 Å². The minimum Gasteiger partial charge on any atom is -0.444 e. The van der Waals surface area contributed by atoms with Gasteiger partial charge >= 0.3 is 6.09 Å². The van der Waals surface area contributed by atoms with Crippen molar-refractivity contribution >= 4 is 17.5 Å². The van der Waals surface area contributed by atoms with Crippen molar-refractivity contribution in [3.63, 3.8) is 0 Å². The Labute approximate surface area is 135 Å². The summed E-state index contributed by atoms with van der Waals surface area (Å²) < 4.78 is 5.09. The SMILES string of the molecule is CNc1ccc(C#CCCNC(=O)OC(C)(C)C)cc1[N+](=O)[O-]. The first-order valence-electron chi connectivity index (χ1n) is 7.15. The number of carbonyl (C=O) groups excluding carboxylic acids is 1. The van der Waals surface area contributed by atoms with E-state index in [-0.39, 0.29) is 5.69 Å². The number of anilines is 1. The van der Waals surface area contributed by atoms with Crippen molar-refractivity contribution in [2.24, 2.45) is 0 Å². The highest BCUT2D eigenvalue weighted by Gasteiger charge is 2.15. The Kier molecular flexibility index (Phi) is 6.39. The van der Waals surface area contributed by atoms with E-state index < -0.39 is 16.6 Å². The van der Waals surface area contributed by atoms with Crippen LogP contribution in [0.4, 0.5) is 16.2 Å². The molecule has 0 aliphatic heterocycles. The molecule has 23 heavy (non-hydrogen) atoms. The van der Waals surface area contributed by atoms with E-state index in [1.165, 1.54) is 6.07 Å². The summed E-state index contributed by atoms with van der Waals surface area (Å²) in [6.45, 7) is 5.70. The molecule has 1 aromatic carbocycles. The molecule has 124 valence electrons. The molecular weight excluding hydrogens is 298 g/mol. The second-order valence-electron chi connectivity index (χ2n) is 5.72. The lowest BCUT2D eigenvalue weighted by molar-refractivity contribution is -0.384. The van der Waals surface area contributed by atoms with Crippen molar-refractivity contribution in [3.8, 4) is 11.8 Å². The van der Waals surface area contributed by atoms with Gasteiger partial charge in [-0.25, -0.2) is 4.79 Å². The Morgan fingerprint density at radius 1 is 1.39 bits per heavy atom. The molecule has 0 aliphatic rings. The summed E-state index contributed by atoms with van der Waals surface area (Å²) in [5.41, 5.74) is 0.426. The third-order valence-electron chi connectivity index (χ3n) is 2.61. The monoisotopic (exact) mass is 319 g/mol. The Hall–Kier alpha value is -2.75. The van der Waals surface area contributed by atoms with Gasteiger partial charge in [0, 0.05) is 31.6 Å². The number of nitro benzene ring substituents is 1. The molecule has 0 unspecified atom stereocenters. The number of nitrogens with zero attached hydrogens (tertiary/aromatic N) is 1. The number of ether oxygens (including phenoxy) is 1. The smallest absolute Gasteiger partial charge is 0.407 e. The third kappa shape index (κ3) is 6.70. The van der Waals surface area contributed by atoms with Crippen LogP contribution >= 0.6 is 0 Å². The average Bonchev–Trinajstić information content (AvgIpc) is 2.44. The van der Waals surface area contributed by atoms with Gasteiger partial charge in [-0.15, -0.1) is 0 Å². The summed E-state index contributed by atoms with van der Waals surface area (Å²) >= 11 is 0. The van der Waals surface area contributed by atoms with Crippen molar-refractivity contribution in [1.29, 1.82) is 0 Å². The van der Waals surface area contributed by atoms with E-state index in [0.717, 1.165) is 0 Å².